The van der Waals surface area contributed by atoms with Crippen LogP contribution in [-0.4, -0.2) is 55.0 Å². The van der Waals surface area contributed by atoms with E-state index in [2.05, 4.69) is 0 Å². The molecule has 2 heterocycles. The predicted molar refractivity (Wildman–Crippen MR) is 82.2 cm³/mol. The summed E-state index contributed by atoms with van der Waals surface area (Å²) in [6.45, 7) is 4.43. The number of likely N-dealkylation sites (tertiary alicyclic amines) is 1. The minimum absolute atomic E-state index is 0.0391. The van der Waals surface area contributed by atoms with Crippen LogP contribution in [0.15, 0.2) is 24.3 Å². The van der Waals surface area contributed by atoms with Crippen molar-refractivity contribution in [3.05, 3.63) is 35.4 Å². The topological polar surface area (TPSA) is 49.9 Å². The smallest absolute Gasteiger partial charge is 0.228 e. The van der Waals surface area contributed by atoms with Gasteiger partial charge in [0.1, 0.15) is 0 Å². The quantitative estimate of drug-likeness (QED) is 0.829. The number of aryl methyl sites for hydroxylation is 1. The van der Waals surface area contributed by atoms with Gasteiger partial charge in [-0.15, -0.1) is 0 Å². The minimum atomic E-state index is -0.293. The largest absolute Gasteiger partial charge is 0.378 e. The van der Waals surface area contributed by atoms with E-state index in [-0.39, 0.29) is 23.8 Å². The van der Waals surface area contributed by atoms with E-state index in [0.29, 0.717) is 32.7 Å². The number of nitrogens with zero attached hydrogens (tertiary/aromatic N) is 2. The molecule has 3 rings (SSSR count). The molecule has 2 saturated heterocycles. The molecule has 0 unspecified atom stereocenters. The summed E-state index contributed by atoms with van der Waals surface area (Å²) in [5.41, 5.74) is 2.21. The third-order valence-electron chi connectivity index (χ3n) is 4.65. The SMILES string of the molecule is Cc1ccc([C@@H]2[C@H](C(=O)N3CCOCC3)CC(=O)N2C)cc1. The lowest BCUT2D eigenvalue weighted by atomic mass is 9.92. The molecule has 2 atom stereocenters. The molecular formula is C17H22N2O3. The average molecular weight is 302 g/mol. The van der Waals surface area contributed by atoms with Crippen LogP contribution in [0, 0.1) is 12.8 Å². The van der Waals surface area contributed by atoms with Crippen LogP contribution in [0.1, 0.15) is 23.6 Å². The molecule has 1 aromatic carbocycles. The van der Waals surface area contributed by atoms with E-state index in [0.717, 1.165) is 5.56 Å². The van der Waals surface area contributed by atoms with Gasteiger partial charge in [0.2, 0.25) is 11.8 Å². The van der Waals surface area contributed by atoms with Gasteiger partial charge < -0.3 is 14.5 Å². The summed E-state index contributed by atoms with van der Waals surface area (Å²) >= 11 is 0. The molecule has 0 aromatic heterocycles. The Morgan fingerprint density at radius 1 is 1.18 bits per heavy atom. The Kier molecular flexibility index (Phi) is 4.16. The van der Waals surface area contributed by atoms with E-state index < -0.39 is 0 Å². The number of rotatable bonds is 2. The van der Waals surface area contributed by atoms with Gasteiger partial charge in [0, 0.05) is 26.6 Å². The Labute approximate surface area is 130 Å². The standard InChI is InChI=1S/C17H22N2O3/c1-12-3-5-13(6-4-12)16-14(11-15(20)18(16)2)17(21)19-7-9-22-10-8-19/h3-6,14,16H,7-11H2,1-2H3/t14-,16-/m1/s1. The Balaban J connectivity index is 1.86. The van der Waals surface area contributed by atoms with Crippen LogP contribution >= 0.6 is 0 Å². The molecule has 2 amide bonds. The molecule has 2 aliphatic heterocycles. The van der Waals surface area contributed by atoms with Crippen LogP contribution in [0.5, 0.6) is 0 Å². The van der Waals surface area contributed by atoms with E-state index >= 15 is 0 Å². The zero-order valence-electron chi connectivity index (χ0n) is 13.1. The van der Waals surface area contributed by atoms with Crippen molar-refractivity contribution in [2.75, 3.05) is 33.4 Å². The first-order chi connectivity index (χ1) is 10.6. The molecule has 22 heavy (non-hydrogen) atoms. The van der Waals surface area contributed by atoms with Crippen molar-refractivity contribution >= 4 is 11.8 Å². The zero-order valence-corrected chi connectivity index (χ0v) is 13.1. The van der Waals surface area contributed by atoms with E-state index in [4.69, 9.17) is 4.74 Å². The van der Waals surface area contributed by atoms with Gasteiger partial charge in [-0.2, -0.15) is 0 Å². The molecule has 0 spiro atoms. The fourth-order valence-corrected chi connectivity index (χ4v) is 3.33. The summed E-state index contributed by atoms with van der Waals surface area (Å²) < 4.78 is 5.31. The lowest BCUT2D eigenvalue weighted by molar-refractivity contribution is -0.140. The van der Waals surface area contributed by atoms with Crippen LogP contribution in [-0.2, 0) is 14.3 Å². The van der Waals surface area contributed by atoms with Gasteiger partial charge in [-0.1, -0.05) is 29.8 Å². The molecule has 2 aliphatic rings. The predicted octanol–water partition coefficient (Wildman–Crippen LogP) is 1.37. The summed E-state index contributed by atoms with van der Waals surface area (Å²) in [6, 6.07) is 7.94. The lowest BCUT2D eigenvalue weighted by Gasteiger charge is -2.32. The van der Waals surface area contributed by atoms with Crippen molar-refractivity contribution in [1.29, 1.82) is 0 Å². The molecule has 5 nitrogen and oxygen atoms in total. The molecule has 118 valence electrons. The number of carbonyl (C=O) groups excluding carboxylic acids is 2. The molecule has 2 fully saturated rings. The number of morpholine rings is 1. The van der Waals surface area contributed by atoms with Gasteiger partial charge in [0.25, 0.3) is 0 Å². The number of carbonyl (C=O) groups is 2. The zero-order chi connectivity index (χ0) is 15.7. The van der Waals surface area contributed by atoms with Crippen LogP contribution in [0.3, 0.4) is 0 Å². The Bertz CT molecular complexity index is 564. The lowest BCUT2D eigenvalue weighted by Crippen LogP contribution is -2.44. The molecule has 0 saturated carbocycles. The summed E-state index contributed by atoms with van der Waals surface area (Å²) in [4.78, 5) is 28.5. The Hall–Kier alpha value is -1.88. The average Bonchev–Trinajstić information content (AvgIpc) is 2.84. The van der Waals surface area contributed by atoms with E-state index in [1.54, 1.807) is 11.9 Å². The van der Waals surface area contributed by atoms with Gasteiger partial charge in [-0.25, -0.2) is 0 Å². The molecule has 0 radical (unpaired) electrons. The maximum Gasteiger partial charge on any atom is 0.228 e. The van der Waals surface area contributed by atoms with Gasteiger partial charge in [-0.3, -0.25) is 9.59 Å². The van der Waals surface area contributed by atoms with Crippen molar-refractivity contribution in [2.45, 2.75) is 19.4 Å². The van der Waals surface area contributed by atoms with Crippen LogP contribution in [0.4, 0.5) is 0 Å². The second-order valence-electron chi connectivity index (χ2n) is 6.11. The van der Waals surface area contributed by atoms with Crippen molar-refractivity contribution in [1.82, 2.24) is 9.80 Å². The van der Waals surface area contributed by atoms with E-state index in [1.807, 2.05) is 36.1 Å². The Morgan fingerprint density at radius 2 is 1.82 bits per heavy atom. The maximum atomic E-state index is 12.8. The summed E-state index contributed by atoms with van der Waals surface area (Å²) in [5.74, 6) is -0.179. The number of ether oxygens (including phenoxy) is 1. The highest BCUT2D eigenvalue weighted by Gasteiger charge is 2.44. The molecule has 1 aromatic rings. The first-order valence-electron chi connectivity index (χ1n) is 7.76. The number of hydrogen-bond donors (Lipinski definition) is 0. The molecule has 0 N–H and O–H groups in total. The highest BCUT2D eigenvalue weighted by molar-refractivity contribution is 5.90. The van der Waals surface area contributed by atoms with Crippen molar-refractivity contribution < 1.29 is 14.3 Å². The van der Waals surface area contributed by atoms with Gasteiger partial charge in [0.15, 0.2) is 0 Å². The van der Waals surface area contributed by atoms with Crippen molar-refractivity contribution in [3.8, 4) is 0 Å². The minimum Gasteiger partial charge on any atom is -0.378 e. The first kappa shape index (κ1) is 15.0. The fourth-order valence-electron chi connectivity index (χ4n) is 3.33. The monoisotopic (exact) mass is 302 g/mol. The van der Waals surface area contributed by atoms with Gasteiger partial charge >= 0.3 is 0 Å². The second kappa shape index (κ2) is 6.08. The third-order valence-corrected chi connectivity index (χ3v) is 4.65. The molecule has 0 bridgehead atoms. The second-order valence-corrected chi connectivity index (χ2v) is 6.11. The van der Waals surface area contributed by atoms with Crippen LogP contribution < -0.4 is 0 Å². The maximum absolute atomic E-state index is 12.8. The van der Waals surface area contributed by atoms with E-state index in [9.17, 15) is 9.59 Å². The molecule has 5 heteroatoms. The molecule has 0 aliphatic carbocycles. The van der Waals surface area contributed by atoms with Crippen molar-refractivity contribution in [2.24, 2.45) is 5.92 Å². The van der Waals surface area contributed by atoms with Crippen LogP contribution in [0.2, 0.25) is 0 Å². The highest BCUT2D eigenvalue weighted by atomic mass is 16.5. The normalized spacial score (nSPS) is 25.6. The number of hydrogen-bond acceptors (Lipinski definition) is 3. The third kappa shape index (κ3) is 2.73. The van der Waals surface area contributed by atoms with Crippen molar-refractivity contribution in [3.63, 3.8) is 0 Å². The summed E-state index contributed by atoms with van der Waals surface area (Å²) in [6.07, 6.45) is 0.297. The van der Waals surface area contributed by atoms with Crippen LogP contribution in [0.25, 0.3) is 0 Å². The van der Waals surface area contributed by atoms with Gasteiger partial charge in [-0.05, 0) is 12.5 Å². The van der Waals surface area contributed by atoms with Gasteiger partial charge in [0.05, 0.1) is 25.2 Å². The highest BCUT2D eigenvalue weighted by Crippen LogP contribution is 2.38. The fraction of sp³-hybridized carbons (Fsp3) is 0.529. The van der Waals surface area contributed by atoms with E-state index in [1.165, 1.54) is 5.56 Å². The Morgan fingerprint density at radius 3 is 2.45 bits per heavy atom. The summed E-state index contributed by atoms with van der Waals surface area (Å²) in [5, 5.41) is 0. The number of benzene rings is 1. The first-order valence-corrected chi connectivity index (χ1v) is 7.76. The summed E-state index contributed by atoms with van der Waals surface area (Å²) in [7, 11) is 1.79. The number of amides is 2. The molecular weight excluding hydrogens is 280 g/mol.